The summed E-state index contributed by atoms with van der Waals surface area (Å²) in [4.78, 5) is 28.3. The zero-order valence-corrected chi connectivity index (χ0v) is 21.8. The maximum atomic E-state index is 12.3. The summed E-state index contributed by atoms with van der Waals surface area (Å²) in [5.74, 6) is 1.77. The van der Waals surface area contributed by atoms with Crippen molar-refractivity contribution in [2.75, 3.05) is 58.4 Å². The number of aryl methyl sites for hydroxylation is 2. The van der Waals surface area contributed by atoms with Gasteiger partial charge >= 0.3 is 6.03 Å². The lowest BCUT2D eigenvalue weighted by Gasteiger charge is -2.35. The van der Waals surface area contributed by atoms with Crippen LogP contribution in [0.15, 0.2) is 42.6 Å². The number of benzene rings is 1. The molecule has 3 aromatic heterocycles. The highest BCUT2D eigenvalue weighted by Crippen LogP contribution is 2.32. The Morgan fingerprint density at radius 1 is 0.973 bits per heavy atom. The maximum Gasteiger partial charge on any atom is 0.319 e. The van der Waals surface area contributed by atoms with Gasteiger partial charge in [0.15, 0.2) is 11.5 Å². The summed E-state index contributed by atoms with van der Waals surface area (Å²) < 4.78 is 9.55. The van der Waals surface area contributed by atoms with Crippen LogP contribution in [0.3, 0.4) is 0 Å². The predicted molar refractivity (Wildman–Crippen MR) is 142 cm³/mol. The molecule has 37 heavy (non-hydrogen) atoms. The summed E-state index contributed by atoms with van der Waals surface area (Å²) in [6.45, 7) is 6.28. The van der Waals surface area contributed by atoms with Gasteiger partial charge in [0, 0.05) is 65.1 Å². The summed E-state index contributed by atoms with van der Waals surface area (Å²) in [6, 6.07) is 12.5. The number of rotatable bonds is 4. The molecule has 0 saturated carbocycles. The second-order valence-corrected chi connectivity index (χ2v) is 10.1. The average molecular weight is 501 g/mol. The van der Waals surface area contributed by atoms with Gasteiger partial charge in [0.25, 0.3) is 0 Å². The number of urea groups is 1. The van der Waals surface area contributed by atoms with E-state index in [1.165, 1.54) is 5.56 Å². The number of morpholine rings is 1. The lowest BCUT2D eigenvalue weighted by atomic mass is 10.1. The van der Waals surface area contributed by atoms with Gasteiger partial charge in [-0.1, -0.05) is 23.8 Å². The number of hydrogen-bond donors (Lipinski definition) is 0. The third-order valence-corrected chi connectivity index (χ3v) is 7.32. The van der Waals surface area contributed by atoms with E-state index in [4.69, 9.17) is 19.8 Å². The number of nitrogens with zero attached hydrogens (tertiary/aromatic N) is 8. The SMILES string of the molecule is Cc1cccc(-c2ccn(-c3cc(N4CCOCC4)c4nc(C5CN(C)C(=O)N(C)C5)n(C)c4n3)n2)c1. The van der Waals surface area contributed by atoms with E-state index in [1.807, 2.05) is 38.1 Å². The molecular weight excluding hydrogens is 468 g/mol. The number of likely N-dealkylation sites (N-methyl/N-ethyl adjacent to an activating group) is 2. The molecule has 2 aliphatic rings. The minimum absolute atomic E-state index is 0.0347. The van der Waals surface area contributed by atoms with Crippen LogP contribution in [0, 0.1) is 6.92 Å². The topological polar surface area (TPSA) is 84.5 Å². The Morgan fingerprint density at radius 3 is 2.46 bits per heavy atom. The van der Waals surface area contributed by atoms with Gasteiger partial charge < -0.3 is 24.0 Å². The average Bonchev–Trinajstić information content (AvgIpc) is 3.52. The quantitative estimate of drug-likeness (QED) is 0.428. The summed E-state index contributed by atoms with van der Waals surface area (Å²) in [5.41, 5.74) is 5.90. The van der Waals surface area contributed by atoms with Gasteiger partial charge in [-0.3, -0.25) is 0 Å². The monoisotopic (exact) mass is 500 g/mol. The molecule has 0 aliphatic carbocycles. The predicted octanol–water partition coefficient (Wildman–Crippen LogP) is 3.05. The van der Waals surface area contributed by atoms with Crippen molar-refractivity contribution in [3.05, 3.63) is 54.0 Å². The van der Waals surface area contributed by atoms with E-state index in [2.05, 4.69) is 46.7 Å². The second kappa shape index (κ2) is 9.19. The number of amides is 2. The van der Waals surface area contributed by atoms with Crippen molar-refractivity contribution in [3.8, 4) is 17.1 Å². The first-order chi connectivity index (χ1) is 17.9. The largest absolute Gasteiger partial charge is 0.378 e. The molecule has 1 aromatic carbocycles. The molecular formula is C27H32N8O2. The van der Waals surface area contributed by atoms with Crippen LogP contribution >= 0.6 is 0 Å². The summed E-state index contributed by atoms with van der Waals surface area (Å²) in [6.07, 6.45) is 1.96. The van der Waals surface area contributed by atoms with Crippen LogP contribution < -0.4 is 4.90 Å². The van der Waals surface area contributed by atoms with Crippen LogP contribution in [0.25, 0.3) is 28.2 Å². The molecule has 6 rings (SSSR count). The molecule has 0 bridgehead atoms. The van der Waals surface area contributed by atoms with E-state index >= 15 is 0 Å². The Hall–Kier alpha value is -3.92. The van der Waals surface area contributed by atoms with Crippen molar-refractivity contribution in [1.82, 2.24) is 34.1 Å². The minimum Gasteiger partial charge on any atom is -0.378 e. The van der Waals surface area contributed by atoms with Gasteiger partial charge in [0.05, 0.1) is 30.5 Å². The molecule has 2 saturated heterocycles. The highest BCUT2D eigenvalue weighted by molar-refractivity contribution is 5.88. The number of anilines is 1. The van der Waals surface area contributed by atoms with E-state index in [0.29, 0.717) is 26.3 Å². The summed E-state index contributed by atoms with van der Waals surface area (Å²) >= 11 is 0. The molecule has 2 fully saturated rings. The van der Waals surface area contributed by atoms with Gasteiger partial charge in [0.1, 0.15) is 11.3 Å². The van der Waals surface area contributed by atoms with Crippen molar-refractivity contribution in [1.29, 1.82) is 0 Å². The number of carbonyl (C=O) groups is 1. The zero-order chi connectivity index (χ0) is 25.7. The molecule has 2 aliphatic heterocycles. The molecule has 2 amide bonds. The molecule has 0 spiro atoms. The number of aromatic nitrogens is 5. The molecule has 10 nitrogen and oxygen atoms in total. The Bertz CT molecular complexity index is 1450. The normalized spacial score (nSPS) is 17.3. The van der Waals surface area contributed by atoms with Gasteiger partial charge in [-0.25, -0.2) is 19.4 Å². The Balaban J connectivity index is 1.45. The van der Waals surface area contributed by atoms with Crippen LogP contribution in [0.2, 0.25) is 0 Å². The number of fused-ring (bicyclic) bond motifs is 1. The first-order valence-corrected chi connectivity index (χ1v) is 12.7. The van der Waals surface area contributed by atoms with Gasteiger partial charge in [-0.2, -0.15) is 5.10 Å². The number of carbonyl (C=O) groups excluding carboxylic acids is 1. The van der Waals surface area contributed by atoms with Crippen molar-refractivity contribution >= 4 is 22.9 Å². The summed E-state index contributed by atoms with van der Waals surface area (Å²) in [5, 5.41) is 4.87. The molecule has 0 radical (unpaired) electrons. The molecule has 4 aromatic rings. The van der Waals surface area contributed by atoms with Gasteiger partial charge in [0.2, 0.25) is 0 Å². The lowest BCUT2D eigenvalue weighted by Crippen LogP contribution is -2.49. The Kier molecular flexibility index (Phi) is 5.83. The highest BCUT2D eigenvalue weighted by atomic mass is 16.5. The number of ether oxygens (including phenoxy) is 1. The third-order valence-electron chi connectivity index (χ3n) is 7.32. The van der Waals surface area contributed by atoms with Crippen molar-refractivity contribution in [2.45, 2.75) is 12.8 Å². The van der Waals surface area contributed by atoms with E-state index in [-0.39, 0.29) is 11.9 Å². The molecule has 0 N–H and O–H groups in total. The Labute approximate surface area is 216 Å². The van der Waals surface area contributed by atoms with Crippen LogP contribution in [-0.4, -0.2) is 93.6 Å². The van der Waals surface area contributed by atoms with E-state index < -0.39 is 0 Å². The zero-order valence-electron chi connectivity index (χ0n) is 21.8. The van der Waals surface area contributed by atoms with E-state index in [9.17, 15) is 4.79 Å². The third kappa shape index (κ3) is 4.21. The number of imidazole rings is 1. The number of pyridine rings is 1. The smallest absolute Gasteiger partial charge is 0.319 e. The second-order valence-electron chi connectivity index (χ2n) is 10.1. The minimum atomic E-state index is 0.0347. The summed E-state index contributed by atoms with van der Waals surface area (Å²) in [7, 11) is 5.70. The van der Waals surface area contributed by atoms with Crippen LogP contribution in [0.4, 0.5) is 10.5 Å². The molecule has 192 valence electrons. The maximum absolute atomic E-state index is 12.3. The highest BCUT2D eigenvalue weighted by Gasteiger charge is 2.32. The van der Waals surface area contributed by atoms with Crippen molar-refractivity contribution < 1.29 is 9.53 Å². The first-order valence-electron chi connectivity index (χ1n) is 12.7. The van der Waals surface area contributed by atoms with Crippen LogP contribution in [0.5, 0.6) is 0 Å². The van der Waals surface area contributed by atoms with Crippen LogP contribution in [-0.2, 0) is 11.8 Å². The molecule has 0 atom stereocenters. The standard InChI is InChI=1S/C27H32N8O2/c1-18-6-5-7-19(14-18)21-8-9-35(30-21)23-15-22(34-10-12-37-13-11-34)24-26(28-23)33(4)25(29-24)20-16-31(2)27(36)32(3)17-20/h5-9,14-15,20H,10-13,16-17H2,1-4H3. The van der Waals surface area contributed by atoms with E-state index in [1.54, 1.807) is 9.80 Å². The van der Waals surface area contributed by atoms with Gasteiger partial charge in [-0.05, 0) is 19.1 Å². The Morgan fingerprint density at radius 2 is 1.73 bits per heavy atom. The molecule has 10 heteroatoms. The molecule has 0 unspecified atom stereocenters. The fraction of sp³-hybridized carbons (Fsp3) is 0.407. The van der Waals surface area contributed by atoms with Crippen molar-refractivity contribution in [3.63, 3.8) is 0 Å². The van der Waals surface area contributed by atoms with Crippen LogP contribution in [0.1, 0.15) is 17.3 Å². The van der Waals surface area contributed by atoms with Gasteiger partial charge in [-0.15, -0.1) is 0 Å². The van der Waals surface area contributed by atoms with E-state index in [0.717, 1.165) is 52.8 Å². The lowest BCUT2D eigenvalue weighted by molar-refractivity contribution is 0.123. The molecule has 5 heterocycles. The first kappa shape index (κ1) is 23.5. The fourth-order valence-corrected chi connectivity index (χ4v) is 5.41. The fourth-order valence-electron chi connectivity index (χ4n) is 5.41. The van der Waals surface area contributed by atoms with Crippen molar-refractivity contribution in [2.24, 2.45) is 7.05 Å². The number of hydrogen-bond acceptors (Lipinski definition) is 6.